The van der Waals surface area contributed by atoms with E-state index in [2.05, 4.69) is 32.0 Å². The van der Waals surface area contributed by atoms with Gasteiger partial charge in [0.05, 0.1) is 22.7 Å². The molecule has 0 amide bonds. The van der Waals surface area contributed by atoms with Crippen LogP contribution in [0.15, 0.2) is 46.9 Å². The first-order valence-corrected chi connectivity index (χ1v) is 6.21. The second-order valence-electron chi connectivity index (χ2n) is 3.94. The Labute approximate surface area is 112 Å². The van der Waals surface area contributed by atoms with Crippen LogP contribution in [0.25, 0.3) is 22.4 Å². The van der Waals surface area contributed by atoms with Gasteiger partial charge in [0.25, 0.3) is 0 Å². The Balaban J connectivity index is 2.16. The third-order valence-electron chi connectivity index (χ3n) is 2.71. The van der Waals surface area contributed by atoms with Gasteiger partial charge in [-0.3, -0.25) is 0 Å². The van der Waals surface area contributed by atoms with Gasteiger partial charge in [0.15, 0.2) is 0 Å². The number of aromatic nitrogens is 2. The van der Waals surface area contributed by atoms with E-state index in [0.717, 1.165) is 26.9 Å². The molecule has 0 unspecified atom stereocenters. The molecule has 0 atom stereocenters. The summed E-state index contributed by atoms with van der Waals surface area (Å²) in [7, 11) is 0. The van der Waals surface area contributed by atoms with Crippen molar-refractivity contribution in [3.63, 3.8) is 0 Å². The van der Waals surface area contributed by atoms with Crippen molar-refractivity contribution in [3.8, 4) is 17.5 Å². The van der Waals surface area contributed by atoms with Crippen molar-refractivity contribution in [2.75, 3.05) is 0 Å². The molecule has 1 aromatic heterocycles. The zero-order chi connectivity index (χ0) is 12.5. The first kappa shape index (κ1) is 11.0. The van der Waals surface area contributed by atoms with E-state index < -0.39 is 0 Å². The van der Waals surface area contributed by atoms with Gasteiger partial charge in [-0.2, -0.15) is 5.26 Å². The molecule has 2 aromatic carbocycles. The van der Waals surface area contributed by atoms with Crippen molar-refractivity contribution < 1.29 is 0 Å². The summed E-state index contributed by atoms with van der Waals surface area (Å²) in [4.78, 5) is 7.77. The zero-order valence-electron chi connectivity index (χ0n) is 9.31. The monoisotopic (exact) mass is 297 g/mol. The molecule has 0 aliphatic carbocycles. The SMILES string of the molecule is N#Cc1cccc(-c2nc3ccc(Br)cc3[nH]2)c1. The first-order chi connectivity index (χ1) is 8.76. The van der Waals surface area contributed by atoms with Crippen LogP contribution in [0.3, 0.4) is 0 Å². The van der Waals surface area contributed by atoms with Crippen molar-refractivity contribution in [2.45, 2.75) is 0 Å². The fourth-order valence-corrected chi connectivity index (χ4v) is 2.22. The predicted molar refractivity (Wildman–Crippen MR) is 73.9 cm³/mol. The number of nitrogens with one attached hydrogen (secondary N) is 1. The summed E-state index contributed by atoms with van der Waals surface area (Å²) in [6, 6.07) is 15.4. The number of nitriles is 1. The number of imidazole rings is 1. The largest absolute Gasteiger partial charge is 0.338 e. The number of fused-ring (bicyclic) bond motifs is 1. The van der Waals surface area contributed by atoms with Gasteiger partial charge in [0, 0.05) is 10.0 Å². The molecular weight excluding hydrogens is 290 g/mol. The number of hydrogen-bond acceptors (Lipinski definition) is 2. The van der Waals surface area contributed by atoms with E-state index in [9.17, 15) is 0 Å². The van der Waals surface area contributed by atoms with E-state index in [4.69, 9.17) is 5.26 Å². The third-order valence-corrected chi connectivity index (χ3v) is 3.20. The maximum Gasteiger partial charge on any atom is 0.138 e. The lowest BCUT2D eigenvalue weighted by Gasteiger charge is -1.96. The molecule has 0 spiro atoms. The number of rotatable bonds is 1. The summed E-state index contributed by atoms with van der Waals surface area (Å²) < 4.78 is 1.01. The molecule has 0 saturated heterocycles. The van der Waals surface area contributed by atoms with E-state index in [-0.39, 0.29) is 0 Å². The van der Waals surface area contributed by atoms with Crippen LogP contribution in [0.4, 0.5) is 0 Å². The fourth-order valence-electron chi connectivity index (χ4n) is 1.85. The number of H-pyrrole nitrogens is 1. The normalized spacial score (nSPS) is 10.4. The molecule has 18 heavy (non-hydrogen) atoms. The van der Waals surface area contributed by atoms with Crippen molar-refractivity contribution in [1.82, 2.24) is 9.97 Å². The minimum Gasteiger partial charge on any atom is -0.338 e. The van der Waals surface area contributed by atoms with Gasteiger partial charge in [0.2, 0.25) is 0 Å². The Hall–Kier alpha value is -2.12. The van der Waals surface area contributed by atoms with Crippen molar-refractivity contribution >= 4 is 27.0 Å². The number of hydrogen-bond donors (Lipinski definition) is 1. The van der Waals surface area contributed by atoms with Crippen LogP contribution >= 0.6 is 15.9 Å². The van der Waals surface area contributed by atoms with Gasteiger partial charge in [0.1, 0.15) is 5.82 Å². The topological polar surface area (TPSA) is 52.5 Å². The van der Waals surface area contributed by atoms with Crippen LogP contribution in [0.2, 0.25) is 0 Å². The van der Waals surface area contributed by atoms with Gasteiger partial charge >= 0.3 is 0 Å². The van der Waals surface area contributed by atoms with E-state index in [1.807, 2.05) is 36.4 Å². The molecule has 0 fully saturated rings. The summed E-state index contributed by atoms with van der Waals surface area (Å²) in [5, 5.41) is 8.90. The Kier molecular flexibility index (Phi) is 2.62. The number of halogens is 1. The molecule has 0 saturated carbocycles. The van der Waals surface area contributed by atoms with Crippen LogP contribution in [0, 0.1) is 11.3 Å². The summed E-state index contributed by atoms with van der Waals surface area (Å²) in [5.41, 5.74) is 3.44. The van der Waals surface area contributed by atoms with Crippen molar-refractivity contribution in [3.05, 3.63) is 52.5 Å². The highest BCUT2D eigenvalue weighted by Crippen LogP contribution is 2.23. The molecule has 3 nitrogen and oxygen atoms in total. The van der Waals surface area contributed by atoms with Gasteiger partial charge in [-0.05, 0) is 30.3 Å². The molecule has 0 aliphatic rings. The number of aromatic amines is 1. The smallest absolute Gasteiger partial charge is 0.138 e. The standard InChI is InChI=1S/C14H8BrN3/c15-11-4-5-12-13(7-11)18-14(17-12)10-3-1-2-9(6-10)8-16/h1-7H,(H,17,18). The molecule has 0 aliphatic heterocycles. The van der Waals surface area contributed by atoms with Crippen LogP contribution in [0.1, 0.15) is 5.56 Å². The molecule has 1 N–H and O–H groups in total. The minimum atomic E-state index is 0.633. The highest BCUT2D eigenvalue weighted by atomic mass is 79.9. The van der Waals surface area contributed by atoms with Gasteiger partial charge in [-0.1, -0.05) is 28.1 Å². The minimum absolute atomic E-state index is 0.633. The Bertz CT molecular complexity index is 768. The molecule has 4 heteroatoms. The lowest BCUT2D eigenvalue weighted by atomic mass is 10.1. The van der Waals surface area contributed by atoms with Gasteiger partial charge < -0.3 is 4.98 Å². The molecule has 0 radical (unpaired) electrons. The van der Waals surface area contributed by atoms with Crippen LogP contribution < -0.4 is 0 Å². The van der Waals surface area contributed by atoms with Gasteiger partial charge in [-0.25, -0.2) is 4.98 Å². The maximum absolute atomic E-state index is 8.90. The molecule has 3 rings (SSSR count). The Morgan fingerprint density at radius 3 is 2.89 bits per heavy atom. The highest BCUT2D eigenvalue weighted by molar-refractivity contribution is 9.10. The first-order valence-electron chi connectivity index (χ1n) is 5.42. The van der Waals surface area contributed by atoms with Crippen molar-refractivity contribution in [2.24, 2.45) is 0 Å². The van der Waals surface area contributed by atoms with E-state index in [1.54, 1.807) is 6.07 Å². The van der Waals surface area contributed by atoms with E-state index in [0.29, 0.717) is 5.56 Å². The molecular formula is C14H8BrN3. The lowest BCUT2D eigenvalue weighted by molar-refractivity contribution is 1.33. The predicted octanol–water partition coefficient (Wildman–Crippen LogP) is 3.86. The Morgan fingerprint density at radius 1 is 1.17 bits per heavy atom. The van der Waals surface area contributed by atoms with Crippen LogP contribution in [-0.2, 0) is 0 Å². The van der Waals surface area contributed by atoms with E-state index in [1.165, 1.54) is 0 Å². The van der Waals surface area contributed by atoms with Crippen LogP contribution in [0.5, 0.6) is 0 Å². The number of nitrogens with zero attached hydrogens (tertiary/aromatic N) is 2. The second kappa shape index (κ2) is 4.28. The second-order valence-corrected chi connectivity index (χ2v) is 4.86. The van der Waals surface area contributed by atoms with E-state index >= 15 is 0 Å². The summed E-state index contributed by atoms with van der Waals surface area (Å²) in [6.07, 6.45) is 0. The zero-order valence-corrected chi connectivity index (χ0v) is 10.9. The third kappa shape index (κ3) is 1.89. The maximum atomic E-state index is 8.90. The summed E-state index contributed by atoms with van der Waals surface area (Å²) in [5.74, 6) is 0.778. The van der Waals surface area contributed by atoms with Crippen molar-refractivity contribution in [1.29, 1.82) is 5.26 Å². The molecule has 1 heterocycles. The Morgan fingerprint density at radius 2 is 2.06 bits per heavy atom. The van der Waals surface area contributed by atoms with Gasteiger partial charge in [-0.15, -0.1) is 0 Å². The lowest BCUT2D eigenvalue weighted by Crippen LogP contribution is -1.81. The van der Waals surface area contributed by atoms with Crippen LogP contribution in [-0.4, -0.2) is 9.97 Å². The molecule has 0 bridgehead atoms. The average molecular weight is 298 g/mol. The average Bonchev–Trinajstić information content (AvgIpc) is 2.81. The number of benzene rings is 2. The summed E-state index contributed by atoms with van der Waals surface area (Å²) >= 11 is 3.43. The highest BCUT2D eigenvalue weighted by Gasteiger charge is 2.06. The molecule has 3 aromatic rings. The summed E-state index contributed by atoms with van der Waals surface area (Å²) in [6.45, 7) is 0. The fraction of sp³-hybridized carbons (Fsp3) is 0. The molecule has 86 valence electrons. The quantitative estimate of drug-likeness (QED) is 0.741.